The number of amides is 1. The molecule has 6 heteroatoms. The Hall–Kier alpha value is -1.50. The number of benzene rings is 1. The van der Waals surface area contributed by atoms with E-state index in [0.717, 1.165) is 0 Å². The van der Waals surface area contributed by atoms with Crippen molar-refractivity contribution in [1.82, 2.24) is 9.80 Å². The molecule has 0 bridgehead atoms. The minimum atomic E-state index is -0.509. The summed E-state index contributed by atoms with van der Waals surface area (Å²) in [7, 11) is 0. The summed E-state index contributed by atoms with van der Waals surface area (Å²) in [5, 5.41) is 9.83. The lowest BCUT2D eigenvalue weighted by atomic mass is 10.1. The highest BCUT2D eigenvalue weighted by atomic mass is 19.1. The van der Waals surface area contributed by atoms with Gasteiger partial charge in [0.2, 0.25) is 0 Å². The van der Waals surface area contributed by atoms with Gasteiger partial charge in [-0.25, -0.2) is 4.39 Å². The Morgan fingerprint density at radius 3 is 2.73 bits per heavy atom. The van der Waals surface area contributed by atoms with Gasteiger partial charge >= 0.3 is 0 Å². The summed E-state index contributed by atoms with van der Waals surface area (Å²) in [5.74, 6) is -0.544. The van der Waals surface area contributed by atoms with E-state index in [4.69, 9.17) is 4.74 Å². The summed E-state index contributed by atoms with van der Waals surface area (Å²) in [6, 6.07) is 5.77. The zero-order valence-electron chi connectivity index (χ0n) is 12.9. The van der Waals surface area contributed by atoms with Crippen LogP contribution in [0.25, 0.3) is 0 Å². The number of hydrogen-bond acceptors (Lipinski definition) is 4. The normalized spacial score (nSPS) is 17.5. The number of carbonyl (C=O) groups is 1. The molecule has 0 unspecified atom stereocenters. The summed E-state index contributed by atoms with van der Waals surface area (Å²) < 4.78 is 18.4. The van der Waals surface area contributed by atoms with Gasteiger partial charge < -0.3 is 14.7 Å². The van der Waals surface area contributed by atoms with Crippen molar-refractivity contribution in [1.29, 1.82) is 0 Å². The molecule has 2 rings (SSSR count). The molecule has 1 aliphatic rings. The van der Waals surface area contributed by atoms with E-state index in [0.29, 0.717) is 51.5 Å². The van der Waals surface area contributed by atoms with Crippen molar-refractivity contribution in [3.8, 4) is 0 Å². The molecule has 1 N–H and O–H groups in total. The van der Waals surface area contributed by atoms with Crippen LogP contribution >= 0.6 is 0 Å². The topological polar surface area (TPSA) is 53.0 Å². The molecule has 1 aromatic rings. The Morgan fingerprint density at radius 1 is 1.36 bits per heavy atom. The van der Waals surface area contributed by atoms with Crippen LogP contribution in [0.2, 0.25) is 0 Å². The van der Waals surface area contributed by atoms with Crippen molar-refractivity contribution < 1.29 is 19.0 Å². The monoisotopic (exact) mass is 310 g/mol. The van der Waals surface area contributed by atoms with Gasteiger partial charge in [0.15, 0.2) is 0 Å². The maximum absolute atomic E-state index is 13.2. The highest BCUT2D eigenvalue weighted by molar-refractivity contribution is 5.94. The second kappa shape index (κ2) is 8.22. The molecule has 1 fully saturated rings. The van der Waals surface area contributed by atoms with Crippen LogP contribution in [-0.4, -0.2) is 72.9 Å². The number of ether oxygens (including phenoxy) is 1. The van der Waals surface area contributed by atoms with Gasteiger partial charge in [0.1, 0.15) is 5.82 Å². The third kappa shape index (κ3) is 4.76. The molecule has 1 heterocycles. The van der Waals surface area contributed by atoms with Crippen LogP contribution in [-0.2, 0) is 4.74 Å². The lowest BCUT2D eigenvalue weighted by Crippen LogP contribution is -2.50. The Kier molecular flexibility index (Phi) is 6.30. The lowest BCUT2D eigenvalue weighted by molar-refractivity contribution is 0.0111. The first-order chi connectivity index (χ1) is 10.6. The van der Waals surface area contributed by atoms with Crippen LogP contribution in [0.1, 0.15) is 17.3 Å². The van der Waals surface area contributed by atoms with Crippen LogP contribution in [0.3, 0.4) is 0 Å². The van der Waals surface area contributed by atoms with Gasteiger partial charge in [-0.1, -0.05) is 6.07 Å². The summed E-state index contributed by atoms with van der Waals surface area (Å²) >= 11 is 0. The molecule has 1 amide bonds. The molecule has 5 nitrogen and oxygen atoms in total. The van der Waals surface area contributed by atoms with E-state index in [2.05, 4.69) is 4.90 Å². The highest BCUT2D eigenvalue weighted by Crippen LogP contribution is 2.10. The molecular formula is C16H23FN2O3. The van der Waals surface area contributed by atoms with Gasteiger partial charge in [-0.15, -0.1) is 0 Å². The number of piperazine rings is 1. The zero-order chi connectivity index (χ0) is 15.9. The standard InChI is InChI=1S/C16H23FN2O3/c1-2-22-12-15(20)11-18-6-8-19(9-7-18)16(21)13-4-3-5-14(17)10-13/h3-5,10,15,20H,2,6-9,11-12H2,1H3/t15-/m1/s1. The van der Waals surface area contributed by atoms with E-state index in [-0.39, 0.29) is 5.91 Å². The van der Waals surface area contributed by atoms with Gasteiger partial charge in [-0.05, 0) is 25.1 Å². The average molecular weight is 310 g/mol. The second-order valence-electron chi connectivity index (χ2n) is 5.42. The maximum Gasteiger partial charge on any atom is 0.254 e. The molecule has 0 radical (unpaired) electrons. The minimum absolute atomic E-state index is 0.144. The fourth-order valence-corrected chi connectivity index (χ4v) is 2.54. The van der Waals surface area contributed by atoms with Crippen LogP contribution in [0, 0.1) is 5.82 Å². The van der Waals surface area contributed by atoms with Crippen LogP contribution in [0.15, 0.2) is 24.3 Å². The van der Waals surface area contributed by atoms with E-state index in [1.807, 2.05) is 6.92 Å². The average Bonchev–Trinajstić information content (AvgIpc) is 2.53. The van der Waals surface area contributed by atoms with Crippen molar-refractivity contribution in [2.45, 2.75) is 13.0 Å². The summed E-state index contributed by atoms with van der Waals surface area (Å²) in [4.78, 5) is 16.1. The van der Waals surface area contributed by atoms with E-state index < -0.39 is 11.9 Å². The number of β-amino-alcohol motifs (C(OH)–C–C–N with tert-alkyl or cyclic N) is 1. The first-order valence-electron chi connectivity index (χ1n) is 7.63. The molecule has 22 heavy (non-hydrogen) atoms. The number of carbonyl (C=O) groups excluding carboxylic acids is 1. The van der Waals surface area contributed by atoms with Gasteiger partial charge in [0.25, 0.3) is 5.91 Å². The molecular weight excluding hydrogens is 287 g/mol. The van der Waals surface area contributed by atoms with Crippen molar-refractivity contribution in [3.05, 3.63) is 35.6 Å². The van der Waals surface area contributed by atoms with E-state index in [1.54, 1.807) is 17.0 Å². The Labute approximate surface area is 130 Å². The Balaban J connectivity index is 1.80. The van der Waals surface area contributed by atoms with Gasteiger partial charge in [0, 0.05) is 44.9 Å². The number of halogens is 1. The Bertz CT molecular complexity index is 490. The molecule has 0 aliphatic carbocycles. The minimum Gasteiger partial charge on any atom is -0.389 e. The van der Waals surface area contributed by atoms with Crippen LogP contribution in [0.5, 0.6) is 0 Å². The van der Waals surface area contributed by atoms with Crippen molar-refractivity contribution in [2.24, 2.45) is 0 Å². The Morgan fingerprint density at radius 2 is 2.09 bits per heavy atom. The fraction of sp³-hybridized carbons (Fsp3) is 0.562. The third-order valence-corrected chi connectivity index (χ3v) is 3.71. The third-order valence-electron chi connectivity index (χ3n) is 3.71. The summed E-state index contributed by atoms with van der Waals surface area (Å²) in [5.41, 5.74) is 0.379. The van der Waals surface area contributed by atoms with Gasteiger partial charge in [-0.2, -0.15) is 0 Å². The molecule has 122 valence electrons. The molecule has 0 aromatic heterocycles. The SMILES string of the molecule is CCOC[C@H](O)CN1CCN(C(=O)c2cccc(F)c2)CC1. The van der Waals surface area contributed by atoms with Crippen LogP contribution < -0.4 is 0 Å². The number of aliphatic hydroxyl groups is 1. The largest absolute Gasteiger partial charge is 0.389 e. The summed E-state index contributed by atoms with van der Waals surface area (Å²) in [6.07, 6.45) is -0.509. The van der Waals surface area contributed by atoms with E-state index >= 15 is 0 Å². The van der Waals surface area contributed by atoms with E-state index in [9.17, 15) is 14.3 Å². The first-order valence-corrected chi connectivity index (χ1v) is 7.63. The number of rotatable bonds is 6. The number of aliphatic hydroxyl groups excluding tert-OH is 1. The van der Waals surface area contributed by atoms with Crippen LogP contribution in [0.4, 0.5) is 4.39 Å². The van der Waals surface area contributed by atoms with E-state index in [1.165, 1.54) is 12.1 Å². The molecule has 1 aliphatic heterocycles. The van der Waals surface area contributed by atoms with Crippen molar-refractivity contribution in [2.75, 3.05) is 45.9 Å². The smallest absolute Gasteiger partial charge is 0.254 e. The number of hydrogen-bond donors (Lipinski definition) is 1. The number of nitrogens with zero attached hydrogens (tertiary/aromatic N) is 2. The first kappa shape index (κ1) is 16.9. The molecule has 0 saturated carbocycles. The highest BCUT2D eigenvalue weighted by Gasteiger charge is 2.23. The molecule has 0 spiro atoms. The van der Waals surface area contributed by atoms with Crippen molar-refractivity contribution >= 4 is 5.91 Å². The predicted octanol–water partition coefficient (Wildman–Crippen LogP) is 0.981. The van der Waals surface area contributed by atoms with Gasteiger partial charge in [-0.3, -0.25) is 9.69 Å². The molecule has 1 saturated heterocycles. The maximum atomic E-state index is 13.2. The zero-order valence-corrected chi connectivity index (χ0v) is 12.9. The predicted molar refractivity (Wildman–Crippen MR) is 81.2 cm³/mol. The van der Waals surface area contributed by atoms with Gasteiger partial charge in [0.05, 0.1) is 12.7 Å². The quantitative estimate of drug-likeness (QED) is 0.851. The molecule has 1 aromatic carbocycles. The molecule has 1 atom stereocenters. The fourth-order valence-electron chi connectivity index (χ4n) is 2.54. The lowest BCUT2D eigenvalue weighted by Gasteiger charge is -2.35. The second-order valence-corrected chi connectivity index (χ2v) is 5.42. The summed E-state index contributed by atoms with van der Waals surface area (Å²) in [6.45, 7) is 5.92. The van der Waals surface area contributed by atoms with Crippen molar-refractivity contribution in [3.63, 3.8) is 0 Å².